The number of nitrogens with one attached hydrogen (secondary N) is 2. The van der Waals surface area contributed by atoms with Crippen LogP contribution in [-0.4, -0.2) is 29.0 Å². The molecule has 1 aliphatic carbocycles. The number of benzene rings is 1. The van der Waals surface area contributed by atoms with Crippen molar-refractivity contribution in [3.8, 4) is 0 Å². The first-order chi connectivity index (χ1) is 10.6. The van der Waals surface area contributed by atoms with E-state index in [2.05, 4.69) is 10.3 Å². The van der Waals surface area contributed by atoms with Gasteiger partial charge in [-0.1, -0.05) is 31.0 Å². The highest BCUT2D eigenvalue weighted by molar-refractivity contribution is 5.96. The second-order valence-electron chi connectivity index (χ2n) is 5.81. The lowest BCUT2D eigenvalue weighted by Crippen LogP contribution is -2.40. The molecule has 0 saturated heterocycles. The first-order valence-corrected chi connectivity index (χ1v) is 7.72. The molecule has 2 N–H and O–H groups in total. The molecule has 1 heterocycles. The third-order valence-corrected chi connectivity index (χ3v) is 4.10. The second kappa shape index (κ2) is 6.22. The molecule has 0 radical (unpaired) electrons. The van der Waals surface area contributed by atoms with Crippen molar-refractivity contribution in [3.63, 3.8) is 0 Å². The van der Waals surface area contributed by atoms with E-state index in [0.29, 0.717) is 5.69 Å². The third-order valence-electron chi connectivity index (χ3n) is 4.10. The predicted molar refractivity (Wildman–Crippen MR) is 83.6 cm³/mol. The van der Waals surface area contributed by atoms with Crippen LogP contribution in [0.4, 0.5) is 0 Å². The molecule has 0 aliphatic heterocycles. The summed E-state index contributed by atoms with van der Waals surface area (Å²) in [5, 5.41) is 3.88. The first-order valence-electron chi connectivity index (χ1n) is 7.72. The number of para-hydroxylation sites is 1. The van der Waals surface area contributed by atoms with E-state index in [0.717, 1.165) is 36.6 Å². The quantitative estimate of drug-likeness (QED) is 0.853. The number of amides is 1. The zero-order valence-electron chi connectivity index (χ0n) is 12.6. The van der Waals surface area contributed by atoms with E-state index < -0.39 is 12.1 Å². The van der Waals surface area contributed by atoms with Gasteiger partial charge in [0.05, 0.1) is 0 Å². The van der Waals surface area contributed by atoms with Gasteiger partial charge in [0.15, 0.2) is 6.10 Å². The molecule has 0 bridgehead atoms. The number of hydrogen-bond donors (Lipinski definition) is 2. The van der Waals surface area contributed by atoms with E-state index in [-0.39, 0.29) is 11.9 Å². The minimum atomic E-state index is -0.792. The minimum absolute atomic E-state index is 0.224. The summed E-state index contributed by atoms with van der Waals surface area (Å²) in [5.74, 6) is -0.735. The van der Waals surface area contributed by atoms with E-state index >= 15 is 0 Å². The molecular weight excluding hydrogens is 280 g/mol. The third kappa shape index (κ3) is 3.13. The lowest BCUT2D eigenvalue weighted by Gasteiger charge is -2.16. The fourth-order valence-electron chi connectivity index (χ4n) is 2.85. The van der Waals surface area contributed by atoms with Crippen molar-refractivity contribution in [1.29, 1.82) is 0 Å². The van der Waals surface area contributed by atoms with E-state index in [4.69, 9.17) is 4.74 Å². The van der Waals surface area contributed by atoms with Crippen molar-refractivity contribution in [1.82, 2.24) is 10.3 Å². The average Bonchev–Trinajstić information content (AvgIpc) is 3.15. The molecular formula is C17H20N2O3. The molecule has 116 valence electrons. The van der Waals surface area contributed by atoms with Crippen LogP contribution < -0.4 is 5.32 Å². The molecule has 1 amide bonds. The Morgan fingerprint density at radius 1 is 1.27 bits per heavy atom. The fraction of sp³-hybridized carbons (Fsp3) is 0.412. The van der Waals surface area contributed by atoms with Gasteiger partial charge in [0.1, 0.15) is 5.69 Å². The summed E-state index contributed by atoms with van der Waals surface area (Å²) in [4.78, 5) is 27.2. The molecule has 0 spiro atoms. The van der Waals surface area contributed by atoms with Crippen molar-refractivity contribution in [3.05, 3.63) is 36.0 Å². The lowest BCUT2D eigenvalue weighted by atomic mass is 10.2. The Morgan fingerprint density at radius 2 is 2.00 bits per heavy atom. The zero-order chi connectivity index (χ0) is 15.5. The van der Waals surface area contributed by atoms with Gasteiger partial charge in [-0.05, 0) is 31.9 Å². The van der Waals surface area contributed by atoms with Crippen LogP contribution in [0.3, 0.4) is 0 Å². The summed E-state index contributed by atoms with van der Waals surface area (Å²) in [6, 6.07) is 9.57. The molecule has 5 heteroatoms. The summed E-state index contributed by atoms with van der Waals surface area (Å²) in [6.45, 7) is 1.60. The maximum Gasteiger partial charge on any atom is 0.355 e. The minimum Gasteiger partial charge on any atom is -0.448 e. The van der Waals surface area contributed by atoms with Gasteiger partial charge in [0.25, 0.3) is 5.91 Å². The number of carbonyl (C=O) groups excluding carboxylic acids is 2. The molecule has 1 aromatic carbocycles. The molecule has 1 saturated carbocycles. The number of H-pyrrole nitrogens is 1. The normalized spacial score (nSPS) is 16.6. The smallest absolute Gasteiger partial charge is 0.355 e. The number of esters is 1. The van der Waals surface area contributed by atoms with Crippen LogP contribution in [0.5, 0.6) is 0 Å². The number of aromatic nitrogens is 1. The first kappa shape index (κ1) is 14.6. The number of fused-ring (bicyclic) bond motifs is 1. The standard InChI is InChI=1S/C17H20N2O3/c1-11(16(20)18-13-7-3-4-8-13)22-17(21)15-10-12-6-2-5-9-14(12)19-15/h2,5-6,9-11,13,19H,3-4,7-8H2,1H3,(H,18,20)/t11-/m1/s1. The molecule has 0 unspecified atom stereocenters. The predicted octanol–water partition coefficient (Wildman–Crippen LogP) is 2.77. The van der Waals surface area contributed by atoms with Crippen LogP contribution in [0.25, 0.3) is 10.9 Å². The van der Waals surface area contributed by atoms with E-state index in [1.165, 1.54) is 0 Å². The topological polar surface area (TPSA) is 71.2 Å². The highest BCUT2D eigenvalue weighted by Crippen LogP contribution is 2.18. The fourth-order valence-corrected chi connectivity index (χ4v) is 2.85. The Balaban J connectivity index is 1.61. The number of aromatic amines is 1. The largest absolute Gasteiger partial charge is 0.448 e. The molecule has 5 nitrogen and oxygen atoms in total. The van der Waals surface area contributed by atoms with E-state index in [1.807, 2.05) is 24.3 Å². The van der Waals surface area contributed by atoms with Crippen molar-refractivity contribution in [2.75, 3.05) is 0 Å². The van der Waals surface area contributed by atoms with Gasteiger partial charge < -0.3 is 15.0 Å². The van der Waals surface area contributed by atoms with Gasteiger partial charge in [-0.2, -0.15) is 0 Å². The van der Waals surface area contributed by atoms with Crippen LogP contribution in [-0.2, 0) is 9.53 Å². The Labute approximate surface area is 129 Å². The van der Waals surface area contributed by atoms with Crippen LogP contribution >= 0.6 is 0 Å². The lowest BCUT2D eigenvalue weighted by molar-refractivity contribution is -0.129. The summed E-state index contributed by atoms with van der Waals surface area (Å²) in [7, 11) is 0. The van der Waals surface area contributed by atoms with Gasteiger partial charge in [-0.15, -0.1) is 0 Å². The average molecular weight is 300 g/mol. The van der Waals surface area contributed by atoms with Gasteiger partial charge in [0, 0.05) is 16.9 Å². The Morgan fingerprint density at radius 3 is 2.73 bits per heavy atom. The monoisotopic (exact) mass is 300 g/mol. The van der Waals surface area contributed by atoms with Crippen LogP contribution in [0.2, 0.25) is 0 Å². The summed E-state index contributed by atoms with van der Waals surface area (Å²) in [6.07, 6.45) is 3.52. The van der Waals surface area contributed by atoms with Crippen molar-refractivity contribution < 1.29 is 14.3 Å². The van der Waals surface area contributed by atoms with Crippen LogP contribution in [0.1, 0.15) is 43.1 Å². The van der Waals surface area contributed by atoms with Crippen molar-refractivity contribution >= 4 is 22.8 Å². The number of hydrogen-bond acceptors (Lipinski definition) is 3. The molecule has 1 fully saturated rings. The van der Waals surface area contributed by atoms with Gasteiger partial charge in [0.2, 0.25) is 0 Å². The second-order valence-corrected chi connectivity index (χ2v) is 5.81. The van der Waals surface area contributed by atoms with E-state index in [9.17, 15) is 9.59 Å². The van der Waals surface area contributed by atoms with E-state index in [1.54, 1.807) is 13.0 Å². The number of rotatable bonds is 4. The molecule has 1 aliphatic rings. The molecule has 2 aromatic rings. The molecule has 1 atom stereocenters. The van der Waals surface area contributed by atoms with Gasteiger partial charge in [-0.3, -0.25) is 4.79 Å². The van der Waals surface area contributed by atoms with Crippen LogP contribution in [0.15, 0.2) is 30.3 Å². The summed E-state index contributed by atoms with van der Waals surface area (Å²) < 4.78 is 5.26. The Kier molecular flexibility index (Phi) is 4.13. The highest BCUT2D eigenvalue weighted by atomic mass is 16.5. The Hall–Kier alpha value is -2.30. The highest BCUT2D eigenvalue weighted by Gasteiger charge is 2.24. The SMILES string of the molecule is C[C@@H](OC(=O)c1cc2ccccc2[nH]1)C(=O)NC1CCCC1. The van der Waals surface area contributed by atoms with Crippen molar-refractivity contribution in [2.24, 2.45) is 0 Å². The maximum absolute atomic E-state index is 12.1. The molecule has 22 heavy (non-hydrogen) atoms. The summed E-state index contributed by atoms with van der Waals surface area (Å²) >= 11 is 0. The zero-order valence-corrected chi connectivity index (χ0v) is 12.6. The summed E-state index contributed by atoms with van der Waals surface area (Å²) in [5.41, 5.74) is 1.24. The Bertz CT molecular complexity index is 653. The number of carbonyl (C=O) groups is 2. The van der Waals surface area contributed by atoms with Crippen LogP contribution in [0, 0.1) is 0 Å². The number of ether oxygens (including phenoxy) is 1. The maximum atomic E-state index is 12.1. The van der Waals surface area contributed by atoms with Gasteiger partial charge >= 0.3 is 5.97 Å². The molecule has 3 rings (SSSR count). The van der Waals surface area contributed by atoms with Crippen molar-refractivity contribution in [2.45, 2.75) is 44.8 Å². The van der Waals surface area contributed by atoms with Gasteiger partial charge in [-0.25, -0.2) is 4.79 Å². The molecule has 1 aromatic heterocycles.